The van der Waals surface area contributed by atoms with Crippen LogP contribution in [0.1, 0.15) is 27.0 Å². The molecule has 0 saturated carbocycles. The van der Waals surface area contributed by atoms with Gasteiger partial charge in [-0.05, 0) is 48.9 Å². The summed E-state index contributed by atoms with van der Waals surface area (Å²) in [5.74, 6) is -3.38. The molecule has 1 amide bonds. The van der Waals surface area contributed by atoms with Gasteiger partial charge < -0.3 is 4.74 Å². The Hall–Kier alpha value is -3.46. The molecular weight excluding hydrogens is 409 g/mol. The second-order valence-corrected chi connectivity index (χ2v) is 7.87. The van der Waals surface area contributed by atoms with Gasteiger partial charge in [0.05, 0.1) is 13.2 Å². The zero-order valence-corrected chi connectivity index (χ0v) is 16.9. The van der Waals surface area contributed by atoms with E-state index in [2.05, 4.69) is 10.2 Å². The molecule has 0 aliphatic carbocycles. The number of aromatic nitrogens is 2. The van der Waals surface area contributed by atoms with Crippen LogP contribution in [-0.2, 0) is 9.59 Å². The molecule has 1 aliphatic rings. The highest BCUT2D eigenvalue weighted by molar-refractivity contribution is 7.15. The fourth-order valence-corrected chi connectivity index (χ4v) is 4.18. The predicted octanol–water partition coefficient (Wildman–Crippen LogP) is 3.15. The minimum absolute atomic E-state index is 0.213. The Morgan fingerprint density at radius 2 is 1.73 bits per heavy atom. The van der Waals surface area contributed by atoms with Gasteiger partial charge in [0.25, 0.3) is 5.91 Å². The number of hydrogen-bond donors (Lipinski definition) is 0. The van der Waals surface area contributed by atoms with E-state index in [0.717, 1.165) is 11.3 Å². The third-order valence-electron chi connectivity index (χ3n) is 4.90. The van der Waals surface area contributed by atoms with Crippen molar-refractivity contribution in [3.8, 4) is 5.75 Å². The number of carbonyl (C=O) groups is 3. The minimum Gasteiger partial charge on any atom is -0.497 e. The number of benzene rings is 2. The second kappa shape index (κ2) is 7.75. The van der Waals surface area contributed by atoms with Crippen molar-refractivity contribution >= 4 is 33.9 Å². The van der Waals surface area contributed by atoms with Crippen LogP contribution >= 0.6 is 11.3 Å². The molecule has 2 unspecified atom stereocenters. The van der Waals surface area contributed by atoms with Gasteiger partial charge in [-0.25, -0.2) is 4.39 Å². The van der Waals surface area contributed by atoms with Gasteiger partial charge in [-0.15, -0.1) is 10.2 Å². The lowest BCUT2D eigenvalue weighted by atomic mass is 9.86. The van der Waals surface area contributed by atoms with Crippen molar-refractivity contribution in [1.29, 1.82) is 0 Å². The number of carbonyl (C=O) groups excluding carboxylic acids is 3. The van der Waals surface area contributed by atoms with Crippen LogP contribution in [0.25, 0.3) is 0 Å². The Morgan fingerprint density at radius 3 is 2.30 bits per heavy atom. The van der Waals surface area contributed by atoms with Crippen LogP contribution in [0.2, 0.25) is 0 Å². The van der Waals surface area contributed by atoms with E-state index < -0.39 is 35.3 Å². The summed E-state index contributed by atoms with van der Waals surface area (Å²) in [6.45, 7) is 1.72. The Labute approximate surface area is 175 Å². The molecule has 0 bridgehead atoms. The smallest absolute Gasteiger partial charge is 0.297 e. The maximum Gasteiger partial charge on any atom is 0.297 e. The summed E-state index contributed by atoms with van der Waals surface area (Å²) < 4.78 is 18.6. The van der Waals surface area contributed by atoms with E-state index >= 15 is 0 Å². The lowest BCUT2D eigenvalue weighted by Crippen LogP contribution is -2.30. The first-order chi connectivity index (χ1) is 14.4. The summed E-state index contributed by atoms with van der Waals surface area (Å²) in [4.78, 5) is 40.3. The van der Waals surface area contributed by atoms with Crippen LogP contribution in [0.5, 0.6) is 5.75 Å². The number of ketones is 2. The monoisotopic (exact) mass is 425 g/mol. The molecule has 3 aromatic rings. The number of hydrogen-bond acceptors (Lipinski definition) is 7. The van der Waals surface area contributed by atoms with E-state index in [4.69, 9.17) is 4.74 Å². The molecule has 4 rings (SSSR count). The average molecular weight is 425 g/mol. The number of amides is 1. The molecule has 0 radical (unpaired) electrons. The van der Waals surface area contributed by atoms with Crippen LogP contribution < -0.4 is 9.64 Å². The van der Waals surface area contributed by atoms with E-state index in [1.165, 1.54) is 36.3 Å². The lowest BCUT2D eigenvalue weighted by molar-refractivity contribution is -0.135. The van der Waals surface area contributed by atoms with Crippen molar-refractivity contribution in [2.45, 2.75) is 13.0 Å². The molecule has 30 heavy (non-hydrogen) atoms. The van der Waals surface area contributed by atoms with Gasteiger partial charge in [-0.1, -0.05) is 23.5 Å². The SMILES string of the molecule is COc1ccc(C(=O)C2C(=O)C(=O)N(c3nnc(C)s3)C2c2ccc(F)cc2)cc1. The van der Waals surface area contributed by atoms with E-state index in [-0.39, 0.29) is 10.7 Å². The number of nitrogens with zero attached hydrogens (tertiary/aromatic N) is 3. The molecule has 1 fully saturated rings. The van der Waals surface area contributed by atoms with E-state index in [0.29, 0.717) is 16.3 Å². The zero-order valence-electron chi connectivity index (χ0n) is 16.0. The molecule has 1 aliphatic heterocycles. The topological polar surface area (TPSA) is 89.5 Å². The molecule has 1 saturated heterocycles. The van der Waals surface area contributed by atoms with Crippen molar-refractivity contribution < 1.29 is 23.5 Å². The summed E-state index contributed by atoms with van der Waals surface area (Å²) in [5, 5.41) is 8.72. The number of rotatable bonds is 5. The highest BCUT2D eigenvalue weighted by atomic mass is 32.1. The fourth-order valence-electron chi connectivity index (χ4n) is 3.46. The Morgan fingerprint density at radius 1 is 1.07 bits per heavy atom. The molecular formula is C21H16FN3O4S. The number of methoxy groups -OCH3 is 1. The maximum atomic E-state index is 13.5. The summed E-state index contributed by atoms with van der Waals surface area (Å²) in [5.41, 5.74) is 0.722. The van der Waals surface area contributed by atoms with Gasteiger partial charge in [0, 0.05) is 5.56 Å². The second-order valence-electron chi connectivity index (χ2n) is 6.71. The number of halogens is 1. The molecule has 1 aromatic heterocycles. The third-order valence-corrected chi connectivity index (χ3v) is 5.73. The first-order valence-corrected chi connectivity index (χ1v) is 9.83. The molecule has 2 heterocycles. The van der Waals surface area contributed by atoms with Crippen molar-refractivity contribution in [2.75, 3.05) is 12.0 Å². The Balaban J connectivity index is 1.81. The highest BCUT2D eigenvalue weighted by Crippen LogP contribution is 2.42. The first-order valence-electron chi connectivity index (χ1n) is 9.02. The average Bonchev–Trinajstić information content (AvgIpc) is 3.29. The molecule has 0 spiro atoms. The molecule has 2 atom stereocenters. The van der Waals surface area contributed by atoms with Crippen molar-refractivity contribution in [2.24, 2.45) is 5.92 Å². The van der Waals surface area contributed by atoms with Gasteiger partial charge in [0.1, 0.15) is 22.5 Å². The summed E-state index contributed by atoms with van der Waals surface area (Å²) in [6, 6.07) is 10.7. The Bertz CT molecular complexity index is 1130. The number of aryl methyl sites for hydroxylation is 1. The van der Waals surface area contributed by atoms with Crippen LogP contribution in [0.15, 0.2) is 48.5 Å². The van der Waals surface area contributed by atoms with E-state index in [9.17, 15) is 18.8 Å². The van der Waals surface area contributed by atoms with Gasteiger partial charge in [-0.2, -0.15) is 0 Å². The summed E-state index contributed by atoms with van der Waals surface area (Å²) >= 11 is 1.14. The van der Waals surface area contributed by atoms with Crippen molar-refractivity contribution in [1.82, 2.24) is 10.2 Å². The minimum atomic E-state index is -1.29. The van der Waals surface area contributed by atoms with Crippen LogP contribution in [0, 0.1) is 18.7 Å². The third kappa shape index (κ3) is 3.37. The van der Waals surface area contributed by atoms with Gasteiger partial charge in [-0.3, -0.25) is 19.3 Å². The van der Waals surface area contributed by atoms with E-state index in [1.54, 1.807) is 31.2 Å². The van der Waals surface area contributed by atoms with Gasteiger partial charge in [0.2, 0.25) is 10.9 Å². The van der Waals surface area contributed by atoms with Crippen LogP contribution in [0.4, 0.5) is 9.52 Å². The normalized spacial score (nSPS) is 18.7. The standard InChI is InChI=1S/C21H16FN3O4S/c1-11-23-24-21(30-11)25-17(12-3-7-14(22)8-4-12)16(19(27)20(25)28)18(26)13-5-9-15(29-2)10-6-13/h3-10,16-17H,1-2H3. The largest absolute Gasteiger partial charge is 0.497 e. The molecule has 2 aromatic carbocycles. The summed E-state index contributed by atoms with van der Waals surface area (Å²) in [6.07, 6.45) is 0. The van der Waals surface area contributed by atoms with E-state index in [1.807, 2.05) is 0 Å². The molecule has 0 N–H and O–H groups in total. The van der Waals surface area contributed by atoms with Crippen LogP contribution in [0.3, 0.4) is 0 Å². The quantitative estimate of drug-likeness (QED) is 0.354. The number of anilines is 1. The number of Topliss-reactive ketones (excluding diaryl/α,β-unsaturated/α-hetero) is 2. The molecule has 9 heteroatoms. The Kier molecular flexibility index (Phi) is 5.13. The zero-order chi connectivity index (χ0) is 21.4. The predicted molar refractivity (Wildman–Crippen MR) is 107 cm³/mol. The van der Waals surface area contributed by atoms with Crippen molar-refractivity contribution in [3.63, 3.8) is 0 Å². The number of ether oxygens (including phenoxy) is 1. The van der Waals surface area contributed by atoms with Crippen molar-refractivity contribution in [3.05, 3.63) is 70.5 Å². The van der Waals surface area contributed by atoms with Crippen LogP contribution in [-0.4, -0.2) is 34.8 Å². The lowest BCUT2D eigenvalue weighted by Gasteiger charge is -2.24. The molecule has 7 nitrogen and oxygen atoms in total. The highest BCUT2D eigenvalue weighted by Gasteiger charge is 2.53. The summed E-state index contributed by atoms with van der Waals surface area (Å²) in [7, 11) is 1.50. The first kappa shape index (κ1) is 19.8. The molecule has 152 valence electrons. The van der Waals surface area contributed by atoms with Gasteiger partial charge in [0.15, 0.2) is 5.78 Å². The fraction of sp³-hybridized carbons (Fsp3) is 0.190. The maximum absolute atomic E-state index is 13.5. The van der Waals surface area contributed by atoms with Gasteiger partial charge >= 0.3 is 0 Å².